The van der Waals surface area contributed by atoms with Crippen molar-refractivity contribution in [2.24, 2.45) is 5.73 Å². The molecule has 2 aromatic carbocycles. The summed E-state index contributed by atoms with van der Waals surface area (Å²) in [4.78, 5) is 11.5. The Morgan fingerprint density at radius 1 is 1.18 bits per heavy atom. The molecule has 0 radical (unpaired) electrons. The quantitative estimate of drug-likeness (QED) is 0.742. The molecule has 3 rings (SSSR count). The van der Waals surface area contributed by atoms with Gasteiger partial charge in [-0.15, -0.1) is 0 Å². The van der Waals surface area contributed by atoms with E-state index in [9.17, 15) is 4.79 Å². The van der Waals surface area contributed by atoms with Crippen LogP contribution in [0.2, 0.25) is 5.02 Å². The minimum atomic E-state index is -0.359. The van der Waals surface area contributed by atoms with Gasteiger partial charge < -0.3 is 14.9 Å². The fraction of sp³-hybridized carbons (Fsp3) is 0.118. The predicted molar refractivity (Wildman–Crippen MR) is 85.9 cm³/mol. The minimum absolute atomic E-state index is 0.328. The third-order valence-corrected chi connectivity index (χ3v) is 3.74. The Labute approximate surface area is 132 Å². The number of esters is 1. The van der Waals surface area contributed by atoms with Crippen LogP contribution in [0.15, 0.2) is 46.9 Å². The third kappa shape index (κ3) is 2.58. The first kappa shape index (κ1) is 14.6. The molecule has 0 spiro atoms. The van der Waals surface area contributed by atoms with E-state index in [1.165, 1.54) is 7.11 Å². The van der Waals surface area contributed by atoms with Crippen molar-refractivity contribution in [1.29, 1.82) is 0 Å². The van der Waals surface area contributed by atoms with Crippen molar-refractivity contribution in [2.75, 3.05) is 7.11 Å². The molecule has 0 amide bonds. The van der Waals surface area contributed by atoms with Crippen LogP contribution in [0, 0.1) is 0 Å². The molecule has 4 nitrogen and oxygen atoms in total. The van der Waals surface area contributed by atoms with Gasteiger partial charge in [-0.1, -0.05) is 23.7 Å². The lowest BCUT2D eigenvalue weighted by Crippen LogP contribution is -2.00. The molecule has 3 aromatic rings. The van der Waals surface area contributed by atoms with Gasteiger partial charge in [-0.25, -0.2) is 4.79 Å². The van der Waals surface area contributed by atoms with Crippen LogP contribution in [0.3, 0.4) is 0 Å². The number of ether oxygens (including phenoxy) is 1. The Morgan fingerprint density at radius 2 is 1.91 bits per heavy atom. The minimum Gasteiger partial charge on any atom is -0.465 e. The molecule has 0 unspecified atom stereocenters. The van der Waals surface area contributed by atoms with E-state index in [0.29, 0.717) is 28.5 Å². The SMILES string of the molecule is COC(=O)c1ccc(-c2cc(Cl)c3oc(CN)cc3c2)cc1. The first-order chi connectivity index (χ1) is 10.6. The number of methoxy groups -OCH3 is 1. The number of halogens is 1. The summed E-state index contributed by atoms with van der Waals surface area (Å²) in [6.07, 6.45) is 0. The number of hydrogen-bond donors (Lipinski definition) is 1. The number of hydrogen-bond acceptors (Lipinski definition) is 4. The van der Waals surface area contributed by atoms with Crippen LogP contribution in [0.25, 0.3) is 22.1 Å². The summed E-state index contributed by atoms with van der Waals surface area (Å²) in [6.45, 7) is 0.328. The Bertz CT molecular complexity index is 837. The number of carbonyl (C=O) groups excluding carboxylic acids is 1. The van der Waals surface area contributed by atoms with Crippen molar-refractivity contribution >= 4 is 28.5 Å². The van der Waals surface area contributed by atoms with Gasteiger partial charge in [-0.2, -0.15) is 0 Å². The molecule has 0 fully saturated rings. The molecule has 5 heteroatoms. The number of benzene rings is 2. The molecule has 22 heavy (non-hydrogen) atoms. The van der Waals surface area contributed by atoms with Crippen molar-refractivity contribution in [3.63, 3.8) is 0 Å². The molecule has 0 bridgehead atoms. The maximum absolute atomic E-state index is 11.5. The van der Waals surface area contributed by atoms with E-state index in [1.807, 2.05) is 30.3 Å². The van der Waals surface area contributed by atoms with E-state index in [-0.39, 0.29) is 5.97 Å². The normalized spacial score (nSPS) is 10.9. The maximum Gasteiger partial charge on any atom is 0.337 e. The van der Waals surface area contributed by atoms with E-state index in [1.54, 1.807) is 12.1 Å². The zero-order valence-corrected chi connectivity index (χ0v) is 12.7. The van der Waals surface area contributed by atoms with Crippen molar-refractivity contribution in [2.45, 2.75) is 6.54 Å². The van der Waals surface area contributed by atoms with E-state index in [2.05, 4.69) is 4.74 Å². The molecule has 0 saturated carbocycles. The van der Waals surface area contributed by atoms with E-state index < -0.39 is 0 Å². The molecule has 0 aliphatic heterocycles. The summed E-state index contributed by atoms with van der Waals surface area (Å²) in [6, 6.07) is 12.9. The monoisotopic (exact) mass is 315 g/mol. The second-order valence-electron chi connectivity index (χ2n) is 4.86. The van der Waals surface area contributed by atoms with Crippen molar-refractivity contribution < 1.29 is 13.9 Å². The molecular weight excluding hydrogens is 302 g/mol. The summed E-state index contributed by atoms with van der Waals surface area (Å²) in [5.74, 6) is 0.331. The summed E-state index contributed by atoms with van der Waals surface area (Å²) >= 11 is 6.28. The van der Waals surface area contributed by atoms with Crippen LogP contribution in [-0.2, 0) is 11.3 Å². The highest BCUT2D eigenvalue weighted by atomic mass is 35.5. The smallest absolute Gasteiger partial charge is 0.337 e. The van der Waals surface area contributed by atoms with E-state index in [4.69, 9.17) is 21.8 Å². The van der Waals surface area contributed by atoms with Gasteiger partial charge in [-0.05, 0) is 41.5 Å². The summed E-state index contributed by atoms with van der Waals surface area (Å²) in [7, 11) is 1.36. The second kappa shape index (κ2) is 5.83. The van der Waals surface area contributed by atoms with E-state index >= 15 is 0 Å². The highest BCUT2D eigenvalue weighted by Crippen LogP contribution is 2.33. The highest BCUT2D eigenvalue weighted by Gasteiger charge is 2.11. The number of fused-ring (bicyclic) bond motifs is 1. The molecule has 1 heterocycles. The van der Waals surface area contributed by atoms with Gasteiger partial charge in [0.25, 0.3) is 0 Å². The molecule has 112 valence electrons. The molecule has 1 aromatic heterocycles. The van der Waals surface area contributed by atoms with Gasteiger partial charge in [0, 0.05) is 5.39 Å². The Balaban J connectivity index is 2.04. The summed E-state index contributed by atoms with van der Waals surface area (Å²) in [5.41, 5.74) is 8.63. The Morgan fingerprint density at radius 3 is 2.55 bits per heavy atom. The Kier molecular flexibility index (Phi) is 3.88. The molecule has 0 atom stereocenters. The zero-order chi connectivity index (χ0) is 15.7. The average molecular weight is 316 g/mol. The average Bonchev–Trinajstić information content (AvgIpc) is 2.98. The predicted octanol–water partition coefficient (Wildman–Crippen LogP) is 4.00. The topological polar surface area (TPSA) is 65.5 Å². The van der Waals surface area contributed by atoms with Gasteiger partial charge in [0.2, 0.25) is 0 Å². The van der Waals surface area contributed by atoms with Gasteiger partial charge in [0.05, 0.1) is 24.2 Å². The standard InChI is InChI=1S/C17H14ClNO3/c1-21-17(20)11-4-2-10(3-5-11)12-6-13-7-14(9-19)22-16(13)15(18)8-12/h2-8H,9,19H2,1H3. The molecule has 0 aliphatic carbocycles. The lowest BCUT2D eigenvalue weighted by atomic mass is 10.0. The molecule has 2 N–H and O–H groups in total. The van der Waals surface area contributed by atoms with Crippen LogP contribution < -0.4 is 5.73 Å². The van der Waals surface area contributed by atoms with Crippen molar-refractivity contribution in [1.82, 2.24) is 0 Å². The third-order valence-electron chi connectivity index (χ3n) is 3.46. The largest absolute Gasteiger partial charge is 0.465 e. The number of nitrogens with two attached hydrogens (primary N) is 1. The number of carbonyl (C=O) groups is 1. The van der Waals surface area contributed by atoms with Crippen LogP contribution in [0.5, 0.6) is 0 Å². The Hall–Kier alpha value is -2.30. The first-order valence-corrected chi connectivity index (χ1v) is 7.11. The summed E-state index contributed by atoms with van der Waals surface area (Å²) in [5, 5.41) is 1.43. The van der Waals surface area contributed by atoms with Crippen molar-refractivity contribution in [3.8, 4) is 11.1 Å². The number of rotatable bonds is 3. The van der Waals surface area contributed by atoms with Crippen LogP contribution in [0.1, 0.15) is 16.1 Å². The maximum atomic E-state index is 11.5. The zero-order valence-electron chi connectivity index (χ0n) is 11.9. The van der Waals surface area contributed by atoms with Crippen LogP contribution >= 0.6 is 11.6 Å². The van der Waals surface area contributed by atoms with Crippen LogP contribution in [0.4, 0.5) is 0 Å². The molecule has 0 aliphatic rings. The van der Waals surface area contributed by atoms with Gasteiger partial charge in [-0.3, -0.25) is 0 Å². The van der Waals surface area contributed by atoms with Crippen molar-refractivity contribution in [3.05, 3.63) is 58.8 Å². The highest BCUT2D eigenvalue weighted by molar-refractivity contribution is 6.35. The van der Waals surface area contributed by atoms with E-state index in [0.717, 1.165) is 16.5 Å². The van der Waals surface area contributed by atoms with Crippen LogP contribution in [-0.4, -0.2) is 13.1 Å². The second-order valence-corrected chi connectivity index (χ2v) is 5.27. The molecular formula is C17H14ClNO3. The van der Waals surface area contributed by atoms with Gasteiger partial charge >= 0.3 is 5.97 Å². The summed E-state index contributed by atoms with van der Waals surface area (Å²) < 4.78 is 10.3. The molecule has 0 saturated heterocycles. The lowest BCUT2D eigenvalue weighted by molar-refractivity contribution is 0.0601. The fourth-order valence-corrected chi connectivity index (χ4v) is 2.61. The lowest BCUT2D eigenvalue weighted by Gasteiger charge is -2.05. The fourth-order valence-electron chi connectivity index (χ4n) is 2.35. The van der Waals surface area contributed by atoms with Gasteiger partial charge in [0.1, 0.15) is 5.76 Å². The van der Waals surface area contributed by atoms with Gasteiger partial charge in [0.15, 0.2) is 5.58 Å². The number of furan rings is 1. The first-order valence-electron chi connectivity index (χ1n) is 6.73.